The molecule has 6 heteroatoms. The first-order valence-corrected chi connectivity index (χ1v) is 7.23. The highest BCUT2D eigenvalue weighted by molar-refractivity contribution is 7.12. The van der Waals surface area contributed by atoms with Crippen LogP contribution >= 0.6 is 11.3 Å². The summed E-state index contributed by atoms with van der Waals surface area (Å²) in [6.45, 7) is 4.66. The first-order chi connectivity index (χ1) is 9.08. The normalized spacial score (nSPS) is 17.2. The molecule has 0 radical (unpaired) electrons. The molecule has 1 aromatic rings. The molecular weight excluding hydrogens is 264 g/mol. The average Bonchev–Trinajstić information content (AvgIpc) is 2.64. The highest BCUT2D eigenvalue weighted by Gasteiger charge is 2.22. The molecule has 1 aliphatic heterocycles. The third-order valence-electron chi connectivity index (χ3n) is 3.29. The van der Waals surface area contributed by atoms with E-state index in [1.807, 2.05) is 28.2 Å². The van der Waals surface area contributed by atoms with Crippen molar-refractivity contribution in [3.63, 3.8) is 0 Å². The zero-order valence-corrected chi connectivity index (χ0v) is 11.8. The van der Waals surface area contributed by atoms with E-state index < -0.39 is 5.97 Å². The predicted molar refractivity (Wildman–Crippen MR) is 73.7 cm³/mol. The minimum atomic E-state index is -0.811. The lowest BCUT2D eigenvalue weighted by Gasteiger charge is -2.20. The lowest BCUT2D eigenvalue weighted by molar-refractivity contribution is -0.138. The molecule has 0 unspecified atom stereocenters. The highest BCUT2D eigenvalue weighted by Crippen LogP contribution is 2.18. The van der Waals surface area contributed by atoms with Crippen LogP contribution in [0, 0.1) is 6.92 Å². The number of hydrogen-bond donors (Lipinski definition) is 1. The van der Waals surface area contributed by atoms with Crippen LogP contribution in [-0.2, 0) is 4.79 Å². The number of aryl methyl sites for hydroxylation is 1. The molecule has 0 aliphatic carbocycles. The van der Waals surface area contributed by atoms with E-state index in [1.165, 1.54) is 11.3 Å². The topological polar surface area (TPSA) is 60.9 Å². The zero-order valence-electron chi connectivity index (χ0n) is 11.0. The molecule has 0 bridgehead atoms. The molecule has 5 nitrogen and oxygen atoms in total. The molecule has 0 atom stereocenters. The van der Waals surface area contributed by atoms with Gasteiger partial charge in [-0.15, -0.1) is 11.3 Å². The molecule has 1 aromatic heterocycles. The lowest BCUT2D eigenvalue weighted by atomic mass is 10.2. The van der Waals surface area contributed by atoms with Crippen molar-refractivity contribution < 1.29 is 14.7 Å². The molecule has 2 heterocycles. The lowest BCUT2D eigenvalue weighted by Crippen LogP contribution is -2.36. The third kappa shape index (κ3) is 3.54. The van der Waals surface area contributed by atoms with Gasteiger partial charge in [-0.3, -0.25) is 14.5 Å². The number of carbonyl (C=O) groups excluding carboxylic acids is 1. The average molecular weight is 282 g/mol. The van der Waals surface area contributed by atoms with Crippen molar-refractivity contribution in [1.82, 2.24) is 9.80 Å². The number of amides is 1. The fraction of sp³-hybridized carbons (Fsp3) is 0.538. The van der Waals surface area contributed by atoms with Crippen LogP contribution < -0.4 is 0 Å². The molecule has 2 rings (SSSR count). The molecule has 1 fully saturated rings. The van der Waals surface area contributed by atoms with E-state index in [0.717, 1.165) is 23.4 Å². The maximum Gasteiger partial charge on any atom is 0.317 e. The summed E-state index contributed by atoms with van der Waals surface area (Å²) in [7, 11) is 0. The second kappa shape index (κ2) is 6.16. The number of carbonyl (C=O) groups is 2. The molecule has 0 spiro atoms. The Kier molecular flexibility index (Phi) is 4.55. The van der Waals surface area contributed by atoms with Gasteiger partial charge in [-0.25, -0.2) is 0 Å². The van der Waals surface area contributed by atoms with Crippen molar-refractivity contribution >= 4 is 23.2 Å². The van der Waals surface area contributed by atoms with Crippen LogP contribution in [0.1, 0.15) is 21.7 Å². The summed E-state index contributed by atoms with van der Waals surface area (Å²) in [6, 6.07) is 1.95. The summed E-state index contributed by atoms with van der Waals surface area (Å²) in [4.78, 5) is 27.6. The number of carboxylic acid groups (broad SMARTS) is 1. The van der Waals surface area contributed by atoms with Gasteiger partial charge in [-0.05, 0) is 30.4 Å². The Morgan fingerprint density at radius 2 is 2.11 bits per heavy atom. The third-order valence-corrected chi connectivity index (χ3v) is 4.30. The predicted octanol–water partition coefficient (Wildman–Crippen LogP) is 1.29. The van der Waals surface area contributed by atoms with E-state index in [2.05, 4.69) is 0 Å². The van der Waals surface area contributed by atoms with Gasteiger partial charge in [-0.2, -0.15) is 0 Å². The molecule has 0 aromatic carbocycles. The molecule has 1 saturated heterocycles. The summed E-state index contributed by atoms with van der Waals surface area (Å²) < 4.78 is 0. The highest BCUT2D eigenvalue weighted by atomic mass is 32.1. The van der Waals surface area contributed by atoms with Crippen molar-refractivity contribution in [3.05, 3.63) is 21.9 Å². The van der Waals surface area contributed by atoms with E-state index in [9.17, 15) is 9.59 Å². The van der Waals surface area contributed by atoms with Gasteiger partial charge in [0.05, 0.1) is 11.4 Å². The number of hydrogen-bond acceptors (Lipinski definition) is 4. The smallest absolute Gasteiger partial charge is 0.317 e. The first-order valence-electron chi connectivity index (χ1n) is 6.35. The maximum atomic E-state index is 12.4. The summed E-state index contributed by atoms with van der Waals surface area (Å²) in [5.74, 6) is -0.737. The van der Waals surface area contributed by atoms with Crippen molar-refractivity contribution in [1.29, 1.82) is 0 Å². The fourth-order valence-electron chi connectivity index (χ4n) is 2.26. The first kappa shape index (κ1) is 14.0. The fourth-order valence-corrected chi connectivity index (χ4v) is 3.15. The van der Waals surface area contributed by atoms with Crippen LogP contribution in [-0.4, -0.2) is 59.5 Å². The van der Waals surface area contributed by atoms with Gasteiger partial charge in [0.2, 0.25) is 0 Å². The number of aliphatic carboxylic acids is 1. The van der Waals surface area contributed by atoms with Crippen LogP contribution in [0.4, 0.5) is 0 Å². The summed E-state index contributed by atoms with van der Waals surface area (Å²) >= 11 is 1.47. The largest absolute Gasteiger partial charge is 0.480 e. The van der Waals surface area contributed by atoms with E-state index in [1.54, 1.807) is 0 Å². The second-order valence-corrected chi connectivity index (χ2v) is 5.66. The van der Waals surface area contributed by atoms with Gasteiger partial charge in [0.25, 0.3) is 5.91 Å². The Morgan fingerprint density at radius 3 is 2.74 bits per heavy atom. The zero-order chi connectivity index (χ0) is 13.8. The van der Waals surface area contributed by atoms with Crippen molar-refractivity contribution in [3.8, 4) is 0 Å². The molecule has 104 valence electrons. The number of nitrogens with zero attached hydrogens (tertiary/aromatic N) is 2. The van der Waals surface area contributed by atoms with Crippen molar-refractivity contribution in [2.24, 2.45) is 0 Å². The van der Waals surface area contributed by atoms with Crippen molar-refractivity contribution in [2.45, 2.75) is 13.3 Å². The summed E-state index contributed by atoms with van der Waals surface area (Å²) in [5, 5.41) is 10.7. The Morgan fingerprint density at radius 1 is 1.32 bits per heavy atom. The quantitative estimate of drug-likeness (QED) is 0.907. The molecule has 19 heavy (non-hydrogen) atoms. The van der Waals surface area contributed by atoms with Gasteiger partial charge in [0, 0.05) is 26.2 Å². The van der Waals surface area contributed by atoms with Crippen LogP contribution in [0.25, 0.3) is 0 Å². The summed E-state index contributed by atoms with van der Waals surface area (Å²) in [5.41, 5.74) is 1.02. The van der Waals surface area contributed by atoms with Crippen LogP contribution in [0.5, 0.6) is 0 Å². The van der Waals surface area contributed by atoms with Gasteiger partial charge in [0.15, 0.2) is 0 Å². The van der Waals surface area contributed by atoms with Crippen LogP contribution in [0.2, 0.25) is 0 Å². The Labute approximate surface area is 116 Å². The molecule has 1 aliphatic rings. The molecule has 0 saturated carbocycles. The van der Waals surface area contributed by atoms with E-state index >= 15 is 0 Å². The molecule has 1 amide bonds. The van der Waals surface area contributed by atoms with Gasteiger partial charge in [0.1, 0.15) is 0 Å². The van der Waals surface area contributed by atoms with E-state index in [0.29, 0.717) is 19.6 Å². The Hall–Kier alpha value is -1.40. The van der Waals surface area contributed by atoms with Gasteiger partial charge in [-0.1, -0.05) is 0 Å². The summed E-state index contributed by atoms with van der Waals surface area (Å²) in [6.07, 6.45) is 0.823. The standard InChI is InChI=1S/C13H18N2O3S/c1-10-3-8-19-12(10)13(18)15-5-2-4-14(6-7-15)9-11(16)17/h3,8H,2,4-7,9H2,1H3,(H,16,17). The SMILES string of the molecule is Cc1ccsc1C(=O)N1CCCN(CC(=O)O)CC1. The maximum absolute atomic E-state index is 12.4. The van der Waals surface area contributed by atoms with Gasteiger partial charge >= 0.3 is 5.97 Å². The molecule has 1 N–H and O–H groups in total. The van der Waals surface area contributed by atoms with E-state index in [4.69, 9.17) is 5.11 Å². The Bertz CT molecular complexity index is 472. The minimum absolute atomic E-state index is 0.0556. The number of carboxylic acids is 1. The van der Waals surface area contributed by atoms with E-state index in [-0.39, 0.29) is 12.5 Å². The number of thiophene rings is 1. The van der Waals surface area contributed by atoms with Gasteiger partial charge < -0.3 is 10.0 Å². The minimum Gasteiger partial charge on any atom is -0.480 e. The van der Waals surface area contributed by atoms with Crippen LogP contribution in [0.15, 0.2) is 11.4 Å². The van der Waals surface area contributed by atoms with Crippen LogP contribution in [0.3, 0.4) is 0 Å². The second-order valence-electron chi connectivity index (χ2n) is 4.75. The monoisotopic (exact) mass is 282 g/mol. The molecular formula is C13H18N2O3S. The van der Waals surface area contributed by atoms with Crippen molar-refractivity contribution in [2.75, 3.05) is 32.7 Å². The number of rotatable bonds is 3. The Balaban J connectivity index is 1.97.